The Morgan fingerprint density at radius 2 is 1.10 bits per heavy atom. The van der Waals surface area contributed by atoms with Crippen LogP contribution in [0, 0.1) is 11.8 Å². The minimum Gasteiger partial charge on any atom is -0.307 e. The number of nitrogens with zero attached hydrogens (tertiary/aromatic N) is 2. The summed E-state index contributed by atoms with van der Waals surface area (Å²) < 4.78 is 0. The molecule has 2 aliphatic rings. The van der Waals surface area contributed by atoms with E-state index in [9.17, 15) is 9.59 Å². The standard InChI is InChI=1S/C23H26N6O2/c30-22(24-18-7-3-1-4-8-18)28-26-20-13-11-17-15-16(20)12-14-21(17)27-29-23(31)25-19-9-5-2-6-10-19/h1-10,16-17H,11-15H2,(H2,24,28,30)(H2,25,29,31)/b26-20-,27-21+/t16-,17-/m1/s1. The summed E-state index contributed by atoms with van der Waals surface area (Å²) in [6.07, 6.45) is 4.41. The third-order valence-electron chi connectivity index (χ3n) is 5.67. The number of rotatable bonds is 4. The summed E-state index contributed by atoms with van der Waals surface area (Å²) in [5, 5.41) is 14.3. The van der Waals surface area contributed by atoms with Crippen molar-refractivity contribution in [1.82, 2.24) is 10.9 Å². The molecule has 2 saturated carbocycles. The number of hydrogen-bond donors (Lipinski definition) is 4. The number of carbonyl (C=O) groups is 2. The number of hydrogen-bond acceptors (Lipinski definition) is 4. The fourth-order valence-electron chi connectivity index (χ4n) is 4.14. The highest BCUT2D eigenvalue weighted by Gasteiger charge is 2.34. The first-order valence-corrected chi connectivity index (χ1v) is 10.5. The van der Waals surface area contributed by atoms with Crippen LogP contribution in [0.4, 0.5) is 21.0 Å². The normalized spacial score (nSPS) is 22.6. The second kappa shape index (κ2) is 9.88. The third-order valence-corrected chi connectivity index (χ3v) is 5.67. The molecule has 2 aliphatic carbocycles. The van der Waals surface area contributed by atoms with Crippen LogP contribution in [0.15, 0.2) is 70.9 Å². The van der Waals surface area contributed by atoms with Crippen LogP contribution in [-0.2, 0) is 0 Å². The number of hydrazone groups is 2. The maximum absolute atomic E-state index is 12.1. The van der Waals surface area contributed by atoms with Gasteiger partial charge in [0.15, 0.2) is 0 Å². The highest BCUT2D eigenvalue weighted by Crippen LogP contribution is 2.37. The highest BCUT2D eigenvalue weighted by molar-refractivity contribution is 5.97. The van der Waals surface area contributed by atoms with Crippen molar-refractivity contribution < 1.29 is 9.59 Å². The topological polar surface area (TPSA) is 107 Å². The summed E-state index contributed by atoms with van der Waals surface area (Å²) in [5.74, 6) is 0.681. The molecule has 0 spiro atoms. The van der Waals surface area contributed by atoms with E-state index in [-0.39, 0.29) is 12.1 Å². The zero-order valence-electron chi connectivity index (χ0n) is 17.2. The third kappa shape index (κ3) is 5.69. The molecule has 0 radical (unpaired) electrons. The zero-order chi connectivity index (χ0) is 21.5. The van der Waals surface area contributed by atoms with Crippen molar-refractivity contribution in [3.05, 3.63) is 60.7 Å². The molecule has 4 amide bonds. The summed E-state index contributed by atoms with van der Waals surface area (Å²) in [7, 11) is 0. The Morgan fingerprint density at radius 1 is 0.677 bits per heavy atom. The van der Waals surface area contributed by atoms with E-state index in [0.29, 0.717) is 11.8 Å². The van der Waals surface area contributed by atoms with Crippen LogP contribution >= 0.6 is 0 Å². The van der Waals surface area contributed by atoms with E-state index in [1.807, 2.05) is 60.7 Å². The van der Waals surface area contributed by atoms with Gasteiger partial charge in [-0.25, -0.2) is 20.4 Å². The molecular formula is C23H26N6O2. The van der Waals surface area contributed by atoms with Gasteiger partial charge in [-0.3, -0.25) is 0 Å². The molecule has 0 aliphatic heterocycles. The van der Waals surface area contributed by atoms with Crippen LogP contribution in [0.3, 0.4) is 0 Å². The molecule has 31 heavy (non-hydrogen) atoms. The molecule has 160 valence electrons. The predicted molar refractivity (Wildman–Crippen MR) is 122 cm³/mol. The minimum atomic E-state index is -0.340. The first-order chi connectivity index (χ1) is 15.2. The number of urea groups is 2. The maximum Gasteiger partial charge on any atom is 0.339 e. The van der Waals surface area contributed by atoms with Gasteiger partial charge in [0.2, 0.25) is 0 Å². The Balaban J connectivity index is 1.26. The van der Waals surface area contributed by atoms with Gasteiger partial charge in [0, 0.05) is 34.6 Å². The van der Waals surface area contributed by atoms with Crippen LogP contribution in [0.1, 0.15) is 32.1 Å². The minimum absolute atomic E-state index is 0.340. The lowest BCUT2D eigenvalue weighted by Crippen LogP contribution is -2.38. The quantitative estimate of drug-likeness (QED) is 0.547. The number of nitrogens with one attached hydrogen (secondary N) is 4. The molecule has 4 N–H and O–H groups in total. The fraction of sp³-hybridized carbons (Fsp3) is 0.304. The van der Waals surface area contributed by atoms with E-state index >= 15 is 0 Å². The Kier molecular flexibility index (Phi) is 6.56. The largest absolute Gasteiger partial charge is 0.339 e. The fourth-order valence-corrected chi connectivity index (χ4v) is 4.14. The van der Waals surface area contributed by atoms with Gasteiger partial charge in [0.25, 0.3) is 0 Å². The lowest BCUT2D eigenvalue weighted by Gasteiger charge is -2.36. The molecule has 0 unspecified atom stereocenters. The Morgan fingerprint density at radius 3 is 1.52 bits per heavy atom. The second-order valence-electron chi connectivity index (χ2n) is 7.78. The first-order valence-electron chi connectivity index (χ1n) is 10.5. The van der Waals surface area contributed by atoms with Gasteiger partial charge in [-0.05, 0) is 56.4 Å². The zero-order valence-corrected chi connectivity index (χ0v) is 17.2. The van der Waals surface area contributed by atoms with E-state index in [1.165, 1.54) is 0 Å². The van der Waals surface area contributed by atoms with Crippen molar-refractivity contribution in [2.45, 2.75) is 32.1 Å². The lowest BCUT2D eigenvalue weighted by molar-refractivity contribution is 0.251. The summed E-state index contributed by atoms with van der Waals surface area (Å²) in [4.78, 5) is 24.1. The van der Waals surface area contributed by atoms with E-state index in [0.717, 1.165) is 54.9 Å². The number of carbonyl (C=O) groups excluding carboxylic acids is 2. The average Bonchev–Trinajstić information content (AvgIpc) is 2.79. The van der Waals surface area contributed by atoms with Crippen molar-refractivity contribution in [3.8, 4) is 0 Å². The highest BCUT2D eigenvalue weighted by atomic mass is 16.2. The SMILES string of the molecule is O=C(N/N=C1/CC[C@@H]2C[C@H]1CC/C2=N\NC(=O)Nc1ccccc1)Nc1ccccc1. The lowest BCUT2D eigenvalue weighted by atomic mass is 9.70. The van der Waals surface area contributed by atoms with Crippen LogP contribution < -0.4 is 21.5 Å². The van der Waals surface area contributed by atoms with Crippen molar-refractivity contribution in [2.24, 2.45) is 22.0 Å². The number of benzene rings is 2. The Labute approximate surface area is 181 Å². The molecule has 2 aromatic rings. The number of anilines is 2. The monoisotopic (exact) mass is 418 g/mol. The molecule has 0 saturated heterocycles. The van der Waals surface area contributed by atoms with Crippen molar-refractivity contribution in [2.75, 3.05) is 10.6 Å². The van der Waals surface area contributed by atoms with Crippen LogP contribution in [0.2, 0.25) is 0 Å². The van der Waals surface area contributed by atoms with E-state index in [4.69, 9.17) is 0 Å². The predicted octanol–water partition coefficient (Wildman–Crippen LogP) is 4.55. The van der Waals surface area contributed by atoms with Gasteiger partial charge in [-0.15, -0.1) is 0 Å². The molecule has 8 nitrogen and oxygen atoms in total. The van der Waals surface area contributed by atoms with Crippen molar-refractivity contribution >= 4 is 34.9 Å². The van der Waals surface area contributed by atoms with Gasteiger partial charge in [0.1, 0.15) is 0 Å². The maximum atomic E-state index is 12.1. The van der Waals surface area contributed by atoms with Gasteiger partial charge >= 0.3 is 12.1 Å². The smallest absolute Gasteiger partial charge is 0.307 e. The van der Waals surface area contributed by atoms with Crippen LogP contribution in [-0.4, -0.2) is 23.5 Å². The summed E-state index contributed by atoms with van der Waals surface area (Å²) in [5.41, 5.74) is 8.77. The molecule has 2 fully saturated rings. The van der Waals surface area contributed by atoms with E-state index in [2.05, 4.69) is 31.7 Å². The second-order valence-corrected chi connectivity index (χ2v) is 7.78. The summed E-state index contributed by atoms with van der Waals surface area (Å²) in [6.45, 7) is 0. The molecule has 8 heteroatoms. The molecule has 4 rings (SSSR count). The Bertz CT molecular complexity index is 895. The summed E-state index contributed by atoms with van der Waals surface area (Å²) >= 11 is 0. The van der Waals surface area contributed by atoms with Crippen LogP contribution in [0.25, 0.3) is 0 Å². The average molecular weight is 419 g/mol. The molecule has 2 aromatic carbocycles. The Hall–Kier alpha value is -3.68. The molecule has 0 aromatic heterocycles. The molecule has 2 atom stereocenters. The van der Waals surface area contributed by atoms with Crippen molar-refractivity contribution in [3.63, 3.8) is 0 Å². The van der Waals surface area contributed by atoms with Crippen LogP contribution in [0.5, 0.6) is 0 Å². The first kappa shape index (κ1) is 20.6. The summed E-state index contributed by atoms with van der Waals surface area (Å²) in [6, 6.07) is 17.9. The van der Waals surface area contributed by atoms with E-state index in [1.54, 1.807) is 0 Å². The van der Waals surface area contributed by atoms with Gasteiger partial charge in [-0.2, -0.15) is 10.2 Å². The van der Waals surface area contributed by atoms with Crippen molar-refractivity contribution in [1.29, 1.82) is 0 Å². The number of amides is 4. The number of para-hydroxylation sites is 2. The molecule has 0 heterocycles. The van der Waals surface area contributed by atoms with Gasteiger partial charge in [-0.1, -0.05) is 36.4 Å². The molecule has 2 bridgehead atoms. The number of fused-ring (bicyclic) bond motifs is 2. The van der Waals surface area contributed by atoms with E-state index < -0.39 is 0 Å². The van der Waals surface area contributed by atoms with Gasteiger partial charge in [0.05, 0.1) is 0 Å². The van der Waals surface area contributed by atoms with Gasteiger partial charge < -0.3 is 10.6 Å². The molecular weight excluding hydrogens is 392 g/mol.